The zero-order valence-electron chi connectivity index (χ0n) is 19.5. The molecule has 0 atom stereocenters. The van der Waals surface area contributed by atoms with Gasteiger partial charge in [0.15, 0.2) is 5.17 Å². The van der Waals surface area contributed by atoms with Gasteiger partial charge in [-0.3, -0.25) is 9.69 Å². The number of aromatic nitrogens is 2. The van der Waals surface area contributed by atoms with Crippen LogP contribution in [0.15, 0.2) is 82.7 Å². The Morgan fingerprint density at radius 1 is 0.912 bits per heavy atom. The first-order valence-corrected chi connectivity index (χ1v) is 12.3. The lowest BCUT2D eigenvalue weighted by atomic mass is 10.1. The fourth-order valence-corrected chi connectivity index (χ4v) is 4.95. The van der Waals surface area contributed by atoms with Crippen molar-refractivity contribution < 1.29 is 4.79 Å². The molecule has 0 saturated carbocycles. The maximum Gasteiger partial charge on any atom is 0.271 e. The lowest BCUT2D eigenvalue weighted by Gasteiger charge is -2.16. The average molecular weight is 467 g/mol. The standard InChI is InChI=1S/C28H26N4OS/c1-4-19-10-14-21(15-11-19)29-28-32(22-16-12-20(5-2)13-17-22)27(33)25(34-28)18-26-30-23-8-6-7-9-24(23)31(26)3/h6-18H,4-5H2,1-3H3. The molecule has 0 unspecified atom stereocenters. The van der Waals surface area contributed by atoms with Crippen LogP contribution in [0.3, 0.4) is 0 Å². The summed E-state index contributed by atoms with van der Waals surface area (Å²) in [6.45, 7) is 4.25. The number of aliphatic imine (C=N–C) groups is 1. The van der Waals surface area contributed by atoms with E-state index in [-0.39, 0.29) is 5.91 Å². The first kappa shape index (κ1) is 22.2. The zero-order chi connectivity index (χ0) is 23.7. The van der Waals surface area contributed by atoms with Crippen molar-refractivity contribution in [2.75, 3.05) is 4.90 Å². The minimum atomic E-state index is -0.0924. The van der Waals surface area contributed by atoms with E-state index in [0.29, 0.717) is 10.1 Å². The SMILES string of the molecule is CCc1ccc(N=C2SC(=Cc3nc4ccccc4n3C)C(=O)N2c2ccc(CC)cc2)cc1. The maximum atomic E-state index is 13.6. The number of amides is 1. The van der Waals surface area contributed by atoms with Crippen LogP contribution in [-0.2, 0) is 24.7 Å². The molecule has 1 aliphatic heterocycles. The lowest BCUT2D eigenvalue weighted by Crippen LogP contribution is -2.28. The molecule has 170 valence electrons. The number of carbonyl (C=O) groups is 1. The molecule has 5 nitrogen and oxygen atoms in total. The molecular weight excluding hydrogens is 440 g/mol. The van der Waals surface area contributed by atoms with Gasteiger partial charge in [0, 0.05) is 13.1 Å². The summed E-state index contributed by atoms with van der Waals surface area (Å²) in [7, 11) is 1.97. The smallest absolute Gasteiger partial charge is 0.271 e. The van der Waals surface area contributed by atoms with E-state index in [1.807, 2.05) is 66.2 Å². The molecule has 0 bridgehead atoms. The third kappa shape index (κ3) is 4.17. The van der Waals surface area contributed by atoms with E-state index in [1.165, 1.54) is 22.9 Å². The van der Waals surface area contributed by atoms with Gasteiger partial charge in [0.2, 0.25) is 0 Å². The molecule has 1 amide bonds. The number of fused-ring (bicyclic) bond motifs is 1. The van der Waals surface area contributed by atoms with E-state index in [4.69, 9.17) is 9.98 Å². The van der Waals surface area contributed by atoms with Gasteiger partial charge >= 0.3 is 0 Å². The predicted molar refractivity (Wildman–Crippen MR) is 143 cm³/mol. The highest BCUT2D eigenvalue weighted by molar-refractivity contribution is 8.19. The Morgan fingerprint density at radius 3 is 2.21 bits per heavy atom. The number of aryl methyl sites for hydroxylation is 3. The van der Waals surface area contributed by atoms with E-state index < -0.39 is 0 Å². The number of carbonyl (C=O) groups excluding carboxylic acids is 1. The van der Waals surface area contributed by atoms with Crippen molar-refractivity contribution >= 4 is 51.3 Å². The Balaban J connectivity index is 1.57. The van der Waals surface area contributed by atoms with Crippen LogP contribution < -0.4 is 4.90 Å². The van der Waals surface area contributed by atoms with Gasteiger partial charge in [0.25, 0.3) is 5.91 Å². The highest BCUT2D eigenvalue weighted by atomic mass is 32.2. The maximum absolute atomic E-state index is 13.6. The first-order valence-electron chi connectivity index (χ1n) is 11.5. The van der Waals surface area contributed by atoms with Gasteiger partial charge in [-0.2, -0.15) is 0 Å². The number of hydrogen-bond acceptors (Lipinski definition) is 4. The van der Waals surface area contributed by atoms with Crippen molar-refractivity contribution in [3.8, 4) is 0 Å². The second-order valence-electron chi connectivity index (χ2n) is 8.20. The third-order valence-electron chi connectivity index (χ3n) is 6.06. The second-order valence-corrected chi connectivity index (χ2v) is 9.21. The molecule has 1 aromatic heterocycles. The Kier molecular flexibility index (Phi) is 6.07. The van der Waals surface area contributed by atoms with Crippen LogP contribution in [0.4, 0.5) is 11.4 Å². The number of thioether (sulfide) groups is 1. The number of nitrogens with zero attached hydrogens (tertiary/aromatic N) is 4. The Labute approximate surface area is 203 Å². The van der Waals surface area contributed by atoms with Crippen molar-refractivity contribution in [2.24, 2.45) is 12.0 Å². The molecule has 3 aromatic carbocycles. The molecule has 5 rings (SSSR count). The molecule has 0 radical (unpaired) electrons. The first-order chi connectivity index (χ1) is 16.6. The highest BCUT2D eigenvalue weighted by Gasteiger charge is 2.35. The number of imidazole rings is 1. The lowest BCUT2D eigenvalue weighted by molar-refractivity contribution is -0.113. The molecule has 2 heterocycles. The molecule has 0 spiro atoms. The summed E-state index contributed by atoms with van der Waals surface area (Å²) in [6, 6.07) is 24.3. The van der Waals surface area contributed by atoms with E-state index in [2.05, 4.69) is 38.1 Å². The van der Waals surface area contributed by atoms with Gasteiger partial charge in [0.1, 0.15) is 5.82 Å². The van der Waals surface area contributed by atoms with E-state index >= 15 is 0 Å². The van der Waals surface area contributed by atoms with Crippen molar-refractivity contribution in [2.45, 2.75) is 26.7 Å². The molecule has 1 aliphatic rings. The Hall–Kier alpha value is -3.64. The number of rotatable bonds is 5. The number of amidine groups is 1. The molecular formula is C28H26N4OS. The van der Waals surface area contributed by atoms with Gasteiger partial charge in [-0.25, -0.2) is 9.98 Å². The summed E-state index contributed by atoms with van der Waals surface area (Å²) in [5, 5.41) is 0.642. The molecule has 4 aromatic rings. The largest absolute Gasteiger partial charge is 0.328 e. The summed E-state index contributed by atoms with van der Waals surface area (Å²) in [4.78, 5) is 25.5. The predicted octanol–water partition coefficient (Wildman–Crippen LogP) is 6.51. The van der Waals surface area contributed by atoms with Crippen LogP contribution in [0.2, 0.25) is 0 Å². The van der Waals surface area contributed by atoms with Crippen molar-refractivity contribution in [3.05, 3.63) is 94.7 Å². The van der Waals surface area contributed by atoms with Crippen LogP contribution >= 0.6 is 11.8 Å². The van der Waals surface area contributed by atoms with E-state index in [0.717, 1.165) is 41.1 Å². The van der Waals surface area contributed by atoms with Crippen molar-refractivity contribution in [1.29, 1.82) is 0 Å². The molecule has 1 fully saturated rings. The Bertz CT molecular complexity index is 1420. The minimum Gasteiger partial charge on any atom is -0.328 e. The van der Waals surface area contributed by atoms with Crippen LogP contribution in [-0.4, -0.2) is 20.6 Å². The van der Waals surface area contributed by atoms with Crippen molar-refractivity contribution in [3.63, 3.8) is 0 Å². The fourth-order valence-electron chi connectivity index (χ4n) is 3.98. The van der Waals surface area contributed by atoms with Gasteiger partial charge in [-0.15, -0.1) is 0 Å². The molecule has 0 aliphatic carbocycles. The van der Waals surface area contributed by atoms with Crippen LogP contribution in [0.5, 0.6) is 0 Å². The van der Waals surface area contributed by atoms with Gasteiger partial charge in [0.05, 0.1) is 27.3 Å². The highest BCUT2D eigenvalue weighted by Crippen LogP contribution is 2.37. The molecule has 0 N–H and O–H groups in total. The topological polar surface area (TPSA) is 50.5 Å². The summed E-state index contributed by atoms with van der Waals surface area (Å²) < 4.78 is 2.01. The molecule has 1 saturated heterocycles. The number of benzene rings is 3. The normalized spacial score (nSPS) is 16.3. The summed E-state index contributed by atoms with van der Waals surface area (Å²) in [5.74, 6) is 0.650. The monoisotopic (exact) mass is 466 g/mol. The minimum absolute atomic E-state index is 0.0924. The van der Waals surface area contributed by atoms with Gasteiger partial charge in [-0.1, -0.05) is 50.2 Å². The fraction of sp³-hybridized carbons (Fsp3) is 0.179. The summed E-state index contributed by atoms with van der Waals surface area (Å²) in [6.07, 6.45) is 3.79. The molecule has 34 heavy (non-hydrogen) atoms. The number of para-hydroxylation sites is 2. The average Bonchev–Trinajstić information content (AvgIpc) is 3.35. The number of anilines is 1. The summed E-state index contributed by atoms with van der Waals surface area (Å²) in [5.41, 5.74) is 6.06. The van der Waals surface area contributed by atoms with Crippen LogP contribution in [0.25, 0.3) is 17.1 Å². The van der Waals surface area contributed by atoms with Gasteiger partial charge < -0.3 is 4.57 Å². The Morgan fingerprint density at radius 2 is 1.56 bits per heavy atom. The summed E-state index contributed by atoms with van der Waals surface area (Å²) >= 11 is 1.38. The molecule has 6 heteroatoms. The third-order valence-corrected chi connectivity index (χ3v) is 7.03. The van der Waals surface area contributed by atoms with Crippen LogP contribution in [0.1, 0.15) is 30.8 Å². The van der Waals surface area contributed by atoms with Crippen LogP contribution in [0, 0.1) is 0 Å². The van der Waals surface area contributed by atoms with Crippen molar-refractivity contribution in [1.82, 2.24) is 9.55 Å². The quantitative estimate of drug-likeness (QED) is 0.315. The number of hydrogen-bond donors (Lipinski definition) is 0. The van der Waals surface area contributed by atoms with Gasteiger partial charge in [-0.05, 0) is 72.1 Å². The zero-order valence-corrected chi connectivity index (χ0v) is 20.3. The van der Waals surface area contributed by atoms with E-state index in [1.54, 1.807) is 4.90 Å². The second kappa shape index (κ2) is 9.31. The van der Waals surface area contributed by atoms with E-state index in [9.17, 15) is 4.79 Å².